The number of rotatable bonds is 5. The van der Waals surface area contributed by atoms with E-state index >= 15 is 0 Å². The maximum Gasteiger partial charge on any atom is 0.291 e. The highest BCUT2D eigenvalue weighted by molar-refractivity contribution is 7.16. The van der Waals surface area contributed by atoms with E-state index in [0.717, 1.165) is 24.0 Å². The number of hydrogen-bond donors (Lipinski definition) is 1. The summed E-state index contributed by atoms with van der Waals surface area (Å²) < 4.78 is 5.27. The number of aryl methyl sites for hydroxylation is 1. The van der Waals surface area contributed by atoms with Crippen LogP contribution in [0.15, 0.2) is 59.2 Å². The molecule has 1 N–H and O–H groups in total. The van der Waals surface area contributed by atoms with E-state index in [1.54, 1.807) is 23.5 Å². The second kappa shape index (κ2) is 8.33. The van der Waals surface area contributed by atoms with Crippen molar-refractivity contribution in [1.29, 1.82) is 0 Å². The highest BCUT2D eigenvalue weighted by Gasteiger charge is 2.29. The first-order valence-electron chi connectivity index (χ1n) is 9.86. The van der Waals surface area contributed by atoms with Crippen molar-refractivity contribution in [1.82, 2.24) is 4.90 Å². The molecule has 1 fully saturated rings. The summed E-state index contributed by atoms with van der Waals surface area (Å²) in [6.45, 7) is 6.57. The molecule has 1 atom stereocenters. The molecule has 2 aromatic heterocycles. The van der Waals surface area contributed by atoms with Crippen LogP contribution in [0, 0.1) is 12.8 Å². The van der Waals surface area contributed by atoms with Crippen LogP contribution in [0.2, 0.25) is 0 Å². The van der Waals surface area contributed by atoms with Gasteiger partial charge in [-0.3, -0.25) is 9.69 Å². The Morgan fingerprint density at radius 3 is 2.61 bits per heavy atom. The second-order valence-corrected chi connectivity index (χ2v) is 8.86. The molecule has 0 radical (unpaired) electrons. The summed E-state index contributed by atoms with van der Waals surface area (Å²) in [5.41, 5.74) is 2.44. The molecule has 1 aromatic carbocycles. The van der Waals surface area contributed by atoms with Crippen LogP contribution in [0.3, 0.4) is 0 Å². The van der Waals surface area contributed by atoms with E-state index in [0.29, 0.717) is 5.76 Å². The van der Waals surface area contributed by atoms with E-state index < -0.39 is 0 Å². The van der Waals surface area contributed by atoms with Crippen molar-refractivity contribution in [3.63, 3.8) is 0 Å². The van der Waals surface area contributed by atoms with Crippen LogP contribution in [0.1, 0.15) is 52.4 Å². The summed E-state index contributed by atoms with van der Waals surface area (Å²) in [7, 11) is 0. The number of nitrogens with zero attached hydrogens (tertiary/aromatic N) is 1. The lowest BCUT2D eigenvalue weighted by Gasteiger charge is -2.37. The number of carbonyl (C=O) groups excluding carboxylic acids is 1. The third kappa shape index (κ3) is 4.05. The van der Waals surface area contributed by atoms with Crippen molar-refractivity contribution < 1.29 is 9.21 Å². The first-order chi connectivity index (χ1) is 13.6. The number of likely N-dealkylation sites (tertiary alicyclic amines) is 1. The lowest BCUT2D eigenvalue weighted by atomic mass is 9.93. The molecule has 3 aromatic rings. The zero-order valence-corrected chi connectivity index (χ0v) is 17.2. The number of carbonyl (C=O) groups is 1. The molecule has 146 valence electrons. The van der Waals surface area contributed by atoms with Gasteiger partial charge in [-0.2, -0.15) is 0 Å². The first kappa shape index (κ1) is 19.0. The molecular weight excluding hydrogens is 368 g/mol. The Morgan fingerprint density at radius 2 is 1.93 bits per heavy atom. The Morgan fingerprint density at radius 1 is 1.18 bits per heavy atom. The third-order valence-electron chi connectivity index (χ3n) is 5.45. The van der Waals surface area contributed by atoms with Crippen molar-refractivity contribution in [2.24, 2.45) is 5.92 Å². The molecule has 0 saturated carbocycles. The van der Waals surface area contributed by atoms with Gasteiger partial charge in [0.15, 0.2) is 5.76 Å². The molecule has 0 bridgehead atoms. The monoisotopic (exact) mass is 394 g/mol. The predicted octanol–water partition coefficient (Wildman–Crippen LogP) is 5.72. The number of anilines is 1. The lowest BCUT2D eigenvalue weighted by molar-refractivity contribution is 0.0996. The maximum absolute atomic E-state index is 12.6. The summed E-state index contributed by atoms with van der Waals surface area (Å²) >= 11 is 1.63. The summed E-state index contributed by atoms with van der Waals surface area (Å²) in [4.78, 5) is 16.3. The molecule has 1 saturated heterocycles. The lowest BCUT2D eigenvalue weighted by Crippen LogP contribution is -2.36. The Kier molecular flexibility index (Phi) is 5.64. The topological polar surface area (TPSA) is 45.5 Å². The largest absolute Gasteiger partial charge is 0.459 e. The minimum absolute atomic E-state index is 0.144. The van der Waals surface area contributed by atoms with E-state index in [-0.39, 0.29) is 11.9 Å². The van der Waals surface area contributed by atoms with Gasteiger partial charge in [-0.25, -0.2) is 0 Å². The van der Waals surface area contributed by atoms with Crippen LogP contribution in [-0.4, -0.2) is 23.9 Å². The van der Waals surface area contributed by atoms with E-state index in [9.17, 15) is 4.79 Å². The number of amides is 1. The van der Waals surface area contributed by atoms with Crippen molar-refractivity contribution in [3.8, 4) is 0 Å². The number of piperidine rings is 1. The van der Waals surface area contributed by atoms with Crippen LogP contribution in [0.25, 0.3) is 0 Å². The van der Waals surface area contributed by atoms with Crippen LogP contribution < -0.4 is 5.32 Å². The quantitative estimate of drug-likeness (QED) is 0.602. The van der Waals surface area contributed by atoms with E-state index in [1.807, 2.05) is 0 Å². The molecule has 4 rings (SSSR count). The smallest absolute Gasteiger partial charge is 0.291 e. The van der Waals surface area contributed by atoms with Gasteiger partial charge in [-0.15, -0.1) is 11.3 Å². The van der Waals surface area contributed by atoms with Crippen LogP contribution in [0.4, 0.5) is 5.00 Å². The molecule has 1 aliphatic rings. The Balaban J connectivity index is 1.69. The van der Waals surface area contributed by atoms with Gasteiger partial charge in [-0.1, -0.05) is 37.3 Å². The van der Waals surface area contributed by atoms with Crippen LogP contribution in [-0.2, 0) is 0 Å². The van der Waals surface area contributed by atoms with Crippen molar-refractivity contribution >= 4 is 22.2 Å². The van der Waals surface area contributed by atoms with E-state index in [1.165, 1.54) is 35.1 Å². The summed E-state index contributed by atoms with van der Waals surface area (Å²) in [6, 6.07) is 16.4. The Labute approximate surface area is 170 Å². The zero-order chi connectivity index (χ0) is 19.5. The van der Waals surface area contributed by atoms with Gasteiger partial charge in [0.2, 0.25) is 0 Å². The van der Waals surface area contributed by atoms with Crippen LogP contribution in [0.5, 0.6) is 0 Å². The maximum atomic E-state index is 12.6. The molecule has 4 nitrogen and oxygen atoms in total. The van der Waals surface area contributed by atoms with Crippen molar-refractivity contribution in [2.45, 2.75) is 32.7 Å². The van der Waals surface area contributed by atoms with Gasteiger partial charge in [0, 0.05) is 10.4 Å². The van der Waals surface area contributed by atoms with Gasteiger partial charge < -0.3 is 9.73 Å². The first-order valence-corrected chi connectivity index (χ1v) is 10.7. The van der Waals surface area contributed by atoms with Gasteiger partial charge in [0.05, 0.1) is 12.3 Å². The van der Waals surface area contributed by atoms with Crippen LogP contribution >= 0.6 is 11.3 Å². The molecule has 3 heterocycles. The minimum Gasteiger partial charge on any atom is -0.459 e. The highest BCUT2D eigenvalue weighted by Crippen LogP contribution is 2.40. The molecule has 1 aliphatic heterocycles. The number of furan rings is 1. The van der Waals surface area contributed by atoms with Crippen molar-refractivity contribution in [3.05, 3.63) is 76.6 Å². The predicted molar refractivity (Wildman–Crippen MR) is 114 cm³/mol. The molecular formula is C23H26N2O2S. The minimum atomic E-state index is -0.202. The Hall–Kier alpha value is -2.37. The summed E-state index contributed by atoms with van der Waals surface area (Å²) in [6.07, 6.45) is 3.94. The molecule has 0 spiro atoms. The Bertz CT molecular complexity index is 909. The number of benzene rings is 1. The normalized spacial score (nSPS) is 16.8. The van der Waals surface area contributed by atoms with E-state index in [2.05, 4.69) is 60.5 Å². The van der Waals surface area contributed by atoms with Gasteiger partial charge in [0.25, 0.3) is 5.91 Å². The molecule has 0 aliphatic carbocycles. The fraction of sp³-hybridized carbons (Fsp3) is 0.348. The number of hydrogen-bond acceptors (Lipinski definition) is 4. The fourth-order valence-electron chi connectivity index (χ4n) is 3.92. The highest BCUT2D eigenvalue weighted by atomic mass is 32.1. The summed E-state index contributed by atoms with van der Waals surface area (Å²) in [5.74, 6) is 0.905. The average molecular weight is 395 g/mol. The van der Waals surface area contributed by atoms with Gasteiger partial charge >= 0.3 is 0 Å². The second-order valence-electron chi connectivity index (χ2n) is 7.60. The molecule has 5 heteroatoms. The third-order valence-corrected chi connectivity index (χ3v) is 6.43. The van der Waals surface area contributed by atoms with Gasteiger partial charge in [0.1, 0.15) is 5.00 Å². The van der Waals surface area contributed by atoms with Gasteiger partial charge in [-0.05, 0) is 62.5 Å². The zero-order valence-electron chi connectivity index (χ0n) is 16.4. The number of nitrogens with one attached hydrogen (secondary N) is 1. The van der Waals surface area contributed by atoms with Crippen molar-refractivity contribution in [2.75, 3.05) is 18.4 Å². The van der Waals surface area contributed by atoms with E-state index in [4.69, 9.17) is 4.42 Å². The molecule has 1 amide bonds. The summed E-state index contributed by atoms with van der Waals surface area (Å²) in [5, 5.41) is 4.00. The molecule has 0 unspecified atom stereocenters. The number of thiophene rings is 1. The standard InChI is InChI=1S/C23H26N2O2S/c1-16-10-12-25(13-11-16)21(18-7-4-3-5-8-18)19-15-17(2)28-23(19)24-22(26)20-9-6-14-27-20/h3-9,14-16,21H,10-13H2,1-2H3,(H,24,26)/t21-/m0/s1. The molecule has 28 heavy (non-hydrogen) atoms. The SMILES string of the molecule is Cc1cc([C@H](c2ccccc2)N2CCC(C)CC2)c(NC(=O)c2ccco2)s1. The average Bonchev–Trinajstić information content (AvgIpc) is 3.35. The fourth-order valence-corrected chi connectivity index (χ4v) is 4.86.